The number of rotatable bonds is 0. The zero-order valence-electron chi connectivity index (χ0n) is 6.46. The third kappa shape index (κ3) is 1.40. The summed E-state index contributed by atoms with van der Waals surface area (Å²) in [7, 11) is 0. The topological polar surface area (TPSA) is 29.5 Å². The molecule has 0 aromatic heterocycles. The monoisotopic (exact) mass is 184 g/mol. The van der Waals surface area contributed by atoms with Gasteiger partial charge >= 0.3 is 0 Å². The largest absolute Gasteiger partial charge is 0.491 e. The molecule has 12 heavy (non-hydrogen) atoms. The average molecular weight is 185 g/mol. The first kappa shape index (κ1) is 7.90. The summed E-state index contributed by atoms with van der Waals surface area (Å²) < 4.78 is 5.28. The zero-order valence-corrected chi connectivity index (χ0v) is 7.21. The number of aliphatic hydroxyl groups excluding tert-OH is 1. The van der Waals surface area contributed by atoms with Crippen molar-refractivity contribution in [3.8, 4) is 5.75 Å². The summed E-state index contributed by atoms with van der Waals surface area (Å²) in [6, 6.07) is 5.46. The highest BCUT2D eigenvalue weighted by Crippen LogP contribution is 2.27. The van der Waals surface area contributed by atoms with E-state index in [1.807, 2.05) is 12.1 Å². The molecule has 2 rings (SSSR count). The number of hydrogen-bond donors (Lipinski definition) is 1. The number of fused-ring (bicyclic) bond motifs is 1. The number of halogens is 1. The SMILES string of the molecule is O[C@@H]1COc2ccc(Cl)cc2C1. The summed E-state index contributed by atoms with van der Waals surface area (Å²) in [5.74, 6) is 0.838. The molecular weight excluding hydrogens is 176 g/mol. The summed E-state index contributed by atoms with van der Waals surface area (Å²) in [5, 5.41) is 9.97. The third-order valence-corrected chi connectivity index (χ3v) is 2.14. The standard InChI is InChI=1S/C9H9ClO2/c10-7-1-2-9-6(3-7)4-8(11)5-12-9/h1-3,8,11H,4-5H2/t8-/m0/s1. The lowest BCUT2D eigenvalue weighted by Gasteiger charge is -2.21. The molecule has 3 heteroatoms. The van der Waals surface area contributed by atoms with E-state index < -0.39 is 6.10 Å². The number of benzene rings is 1. The third-order valence-electron chi connectivity index (χ3n) is 1.91. The van der Waals surface area contributed by atoms with Gasteiger partial charge in [0.05, 0.1) is 6.10 Å². The fourth-order valence-electron chi connectivity index (χ4n) is 1.35. The van der Waals surface area contributed by atoms with E-state index in [0.717, 1.165) is 11.3 Å². The average Bonchev–Trinajstić information content (AvgIpc) is 2.03. The molecule has 0 bridgehead atoms. The Labute approximate surface area is 75.7 Å². The quantitative estimate of drug-likeness (QED) is 0.664. The highest BCUT2D eigenvalue weighted by atomic mass is 35.5. The van der Waals surface area contributed by atoms with Crippen molar-refractivity contribution in [1.82, 2.24) is 0 Å². The van der Waals surface area contributed by atoms with E-state index in [1.54, 1.807) is 6.07 Å². The molecule has 1 atom stereocenters. The van der Waals surface area contributed by atoms with E-state index in [0.29, 0.717) is 18.1 Å². The predicted molar refractivity (Wildman–Crippen MR) is 46.7 cm³/mol. The Bertz CT molecular complexity index is 299. The predicted octanol–water partition coefficient (Wildman–Crippen LogP) is 1.64. The molecule has 64 valence electrons. The molecule has 1 aliphatic heterocycles. The van der Waals surface area contributed by atoms with Crippen LogP contribution in [0.5, 0.6) is 5.75 Å². The molecule has 0 radical (unpaired) electrons. The van der Waals surface area contributed by atoms with E-state index >= 15 is 0 Å². The maximum absolute atomic E-state index is 9.28. The Morgan fingerprint density at radius 3 is 3.17 bits per heavy atom. The van der Waals surface area contributed by atoms with E-state index in [1.165, 1.54) is 0 Å². The zero-order chi connectivity index (χ0) is 8.55. The summed E-state index contributed by atoms with van der Waals surface area (Å²) in [4.78, 5) is 0. The molecular formula is C9H9ClO2. The minimum absolute atomic E-state index is 0.384. The molecule has 1 aromatic carbocycles. The Morgan fingerprint density at radius 1 is 1.50 bits per heavy atom. The Morgan fingerprint density at radius 2 is 2.33 bits per heavy atom. The van der Waals surface area contributed by atoms with Crippen molar-refractivity contribution in [1.29, 1.82) is 0 Å². The van der Waals surface area contributed by atoms with Gasteiger partial charge in [-0.2, -0.15) is 0 Å². The van der Waals surface area contributed by atoms with Gasteiger partial charge in [0.1, 0.15) is 12.4 Å². The van der Waals surface area contributed by atoms with Crippen LogP contribution in [0.4, 0.5) is 0 Å². The molecule has 0 saturated carbocycles. The first-order chi connectivity index (χ1) is 5.75. The molecule has 0 spiro atoms. The van der Waals surface area contributed by atoms with Crippen molar-refractivity contribution in [2.45, 2.75) is 12.5 Å². The Kier molecular flexibility index (Phi) is 1.95. The lowest BCUT2D eigenvalue weighted by Crippen LogP contribution is -2.25. The van der Waals surface area contributed by atoms with E-state index in [-0.39, 0.29) is 0 Å². The first-order valence-corrected chi connectivity index (χ1v) is 4.23. The number of ether oxygens (including phenoxy) is 1. The highest BCUT2D eigenvalue weighted by molar-refractivity contribution is 6.30. The number of aliphatic hydroxyl groups is 1. The fraction of sp³-hybridized carbons (Fsp3) is 0.333. The van der Waals surface area contributed by atoms with Gasteiger partial charge in [-0.25, -0.2) is 0 Å². The van der Waals surface area contributed by atoms with Crippen LogP contribution in [0.15, 0.2) is 18.2 Å². The van der Waals surface area contributed by atoms with Gasteiger partial charge < -0.3 is 9.84 Å². The van der Waals surface area contributed by atoms with Gasteiger partial charge in [0.15, 0.2) is 0 Å². The van der Waals surface area contributed by atoms with Gasteiger partial charge in [0.2, 0.25) is 0 Å². The van der Waals surface area contributed by atoms with Crippen LogP contribution >= 0.6 is 11.6 Å². The van der Waals surface area contributed by atoms with E-state index in [4.69, 9.17) is 16.3 Å². The Balaban J connectivity index is 2.37. The minimum Gasteiger partial charge on any atom is -0.491 e. The van der Waals surface area contributed by atoms with Crippen LogP contribution in [0, 0.1) is 0 Å². The highest BCUT2D eigenvalue weighted by Gasteiger charge is 2.17. The van der Waals surface area contributed by atoms with E-state index in [9.17, 15) is 5.11 Å². The molecule has 0 aliphatic carbocycles. The van der Waals surface area contributed by atoms with Crippen molar-refractivity contribution in [2.24, 2.45) is 0 Å². The maximum atomic E-state index is 9.28. The molecule has 0 amide bonds. The van der Waals surface area contributed by atoms with Gasteiger partial charge in [-0.15, -0.1) is 0 Å². The molecule has 1 aromatic rings. The van der Waals surface area contributed by atoms with Gasteiger partial charge in [-0.3, -0.25) is 0 Å². The molecule has 0 unspecified atom stereocenters. The molecule has 0 saturated heterocycles. The van der Waals surface area contributed by atoms with Crippen LogP contribution in [-0.4, -0.2) is 17.8 Å². The van der Waals surface area contributed by atoms with Crippen LogP contribution in [0.2, 0.25) is 5.02 Å². The normalized spacial score (nSPS) is 21.3. The second kappa shape index (κ2) is 2.96. The second-order valence-electron chi connectivity index (χ2n) is 2.92. The minimum atomic E-state index is -0.393. The smallest absolute Gasteiger partial charge is 0.122 e. The van der Waals surface area contributed by atoms with Crippen LogP contribution in [0.1, 0.15) is 5.56 Å². The summed E-state index contributed by atoms with van der Waals surface area (Å²) in [6.45, 7) is 0.384. The summed E-state index contributed by atoms with van der Waals surface area (Å²) >= 11 is 5.79. The van der Waals surface area contributed by atoms with Crippen molar-refractivity contribution < 1.29 is 9.84 Å². The molecule has 1 N–H and O–H groups in total. The van der Waals surface area contributed by atoms with Gasteiger partial charge in [0.25, 0.3) is 0 Å². The van der Waals surface area contributed by atoms with Crippen molar-refractivity contribution in [2.75, 3.05) is 6.61 Å². The summed E-state index contributed by atoms with van der Waals surface area (Å²) in [5.41, 5.74) is 0.987. The van der Waals surface area contributed by atoms with Crippen molar-refractivity contribution in [3.63, 3.8) is 0 Å². The van der Waals surface area contributed by atoms with Gasteiger partial charge in [-0.05, 0) is 23.8 Å². The van der Waals surface area contributed by atoms with Crippen molar-refractivity contribution >= 4 is 11.6 Å². The lowest BCUT2D eigenvalue weighted by molar-refractivity contribution is 0.0921. The van der Waals surface area contributed by atoms with Crippen LogP contribution in [0.3, 0.4) is 0 Å². The molecule has 2 nitrogen and oxygen atoms in total. The van der Waals surface area contributed by atoms with Crippen LogP contribution in [-0.2, 0) is 6.42 Å². The van der Waals surface area contributed by atoms with Crippen LogP contribution in [0.25, 0.3) is 0 Å². The maximum Gasteiger partial charge on any atom is 0.122 e. The number of hydrogen-bond acceptors (Lipinski definition) is 2. The Hall–Kier alpha value is -0.730. The first-order valence-electron chi connectivity index (χ1n) is 3.85. The molecule has 1 heterocycles. The fourth-order valence-corrected chi connectivity index (χ4v) is 1.54. The van der Waals surface area contributed by atoms with Gasteiger partial charge in [0, 0.05) is 11.4 Å². The molecule has 1 aliphatic rings. The lowest BCUT2D eigenvalue weighted by atomic mass is 10.1. The van der Waals surface area contributed by atoms with Crippen molar-refractivity contribution in [3.05, 3.63) is 28.8 Å². The van der Waals surface area contributed by atoms with Crippen LogP contribution < -0.4 is 4.74 Å². The molecule has 0 fully saturated rings. The van der Waals surface area contributed by atoms with E-state index in [2.05, 4.69) is 0 Å². The second-order valence-corrected chi connectivity index (χ2v) is 3.36. The summed E-state index contributed by atoms with van der Waals surface area (Å²) in [6.07, 6.45) is 0.242. The van der Waals surface area contributed by atoms with Gasteiger partial charge in [-0.1, -0.05) is 11.6 Å².